The highest BCUT2D eigenvalue weighted by molar-refractivity contribution is 5.92. The molecule has 1 aromatic heterocycles. The summed E-state index contributed by atoms with van der Waals surface area (Å²) in [5.41, 5.74) is 0.504. The van der Waals surface area contributed by atoms with E-state index in [4.69, 9.17) is 10.2 Å². The second-order valence-corrected chi connectivity index (χ2v) is 3.93. The summed E-state index contributed by atoms with van der Waals surface area (Å²) in [6, 6.07) is 6.86. The Kier molecular flexibility index (Phi) is 3.23. The van der Waals surface area contributed by atoms with Gasteiger partial charge in [-0.3, -0.25) is 14.6 Å². The largest absolute Gasteiger partial charge is 0.481 e. The number of aromatic nitrogens is 1. The van der Waals surface area contributed by atoms with E-state index in [9.17, 15) is 9.59 Å². The Morgan fingerprint density at radius 3 is 2.67 bits per heavy atom. The van der Waals surface area contributed by atoms with Crippen LogP contribution in [0.15, 0.2) is 36.7 Å². The van der Waals surface area contributed by atoms with Crippen molar-refractivity contribution >= 4 is 22.7 Å². The van der Waals surface area contributed by atoms with Crippen molar-refractivity contribution in [2.75, 3.05) is 0 Å². The molecule has 0 saturated carbocycles. The minimum Gasteiger partial charge on any atom is -0.481 e. The first-order chi connectivity index (χ1) is 8.59. The van der Waals surface area contributed by atoms with E-state index in [1.54, 1.807) is 30.6 Å². The van der Waals surface area contributed by atoms with Crippen LogP contribution in [0.5, 0.6) is 0 Å². The summed E-state index contributed by atoms with van der Waals surface area (Å²) >= 11 is 0. The van der Waals surface area contributed by atoms with Crippen molar-refractivity contribution in [3.8, 4) is 0 Å². The van der Waals surface area contributed by atoms with Crippen LogP contribution >= 0.6 is 0 Å². The second-order valence-electron chi connectivity index (χ2n) is 3.93. The molecule has 92 valence electrons. The lowest BCUT2D eigenvalue weighted by molar-refractivity contribution is -0.145. The smallest absolute Gasteiger partial charge is 0.311 e. The fourth-order valence-electron chi connectivity index (χ4n) is 1.96. The van der Waals surface area contributed by atoms with Crippen molar-refractivity contribution in [2.45, 2.75) is 12.3 Å². The Bertz CT molecular complexity index is 603. The number of nitrogens with zero attached hydrogens (tertiary/aromatic N) is 1. The van der Waals surface area contributed by atoms with Crippen molar-refractivity contribution in [1.29, 1.82) is 0 Å². The summed E-state index contributed by atoms with van der Waals surface area (Å²) in [5.74, 6) is -3.32. The Morgan fingerprint density at radius 2 is 2.00 bits per heavy atom. The lowest BCUT2D eigenvalue weighted by Crippen LogP contribution is -2.16. The molecule has 0 aliphatic rings. The van der Waals surface area contributed by atoms with Crippen LogP contribution in [0.25, 0.3) is 10.8 Å². The van der Waals surface area contributed by atoms with Crippen LogP contribution in [-0.4, -0.2) is 27.1 Å². The van der Waals surface area contributed by atoms with Crippen molar-refractivity contribution in [3.63, 3.8) is 0 Å². The van der Waals surface area contributed by atoms with Gasteiger partial charge in [0.2, 0.25) is 0 Å². The van der Waals surface area contributed by atoms with Crippen LogP contribution in [-0.2, 0) is 9.59 Å². The number of aliphatic carboxylic acids is 2. The molecule has 1 atom stereocenters. The fraction of sp³-hybridized carbons (Fsp3) is 0.154. The molecule has 0 fully saturated rings. The highest BCUT2D eigenvalue weighted by Crippen LogP contribution is 2.27. The van der Waals surface area contributed by atoms with Gasteiger partial charge in [0.1, 0.15) is 0 Å². The molecular weight excluding hydrogens is 234 g/mol. The van der Waals surface area contributed by atoms with Gasteiger partial charge in [-0.1, -0.05) is 18.2 Å². The molecule has 0 amide bonds. The third-order valence-electron chi connectivity index (χ3n) is 2.77. The number of carboxylic acids is 2. The summed E-state index contributed by atoms with van der Waals surface area (Å²) < 4.78 is 0. The van der Waals surface area contributed by atoms with Gasteiger partial charge in [-0.25, -0.2) is 0 Å². The monoisotopic (exact) mass is 245 g/mol. The van der Waals surface area contributed by atoms with Gasteiger partial charge in [-0.2, -0.15) is 0 Å². The zero-order chi connectivity index (χ0) is 13.1. The number of pyridine rings is 1. The summed E-state index contributed by atoms with van der Waals surface area (Å²) in [6.45, 7) is 0. The van der Waals surface area contributed by atoms with Gasteiger partial charge >= 0.3 is 11.9 Å². The minimum absolute atomic E-state index is 0.434. The van der Waals surface area contributed by atoms with E-state index in [0.717, 1.165) is 10.8 Å². The first-order valence-electron chi connectivity index (χ1n) is 5.37. The zero-order valence-electron chi connectivity index (χ0n) is 9.41. The third-order valence-corrected chi connectivity index (χ3v) is 2.77. The average molecular weight is 245 g/mol. The topological polar surface area (TPSA) is 87.5 Å². The molecule has 0 saturated heterocycles. The number of carbonyl (C=O) groups is 2. The second kappa shape index (κ2) is 4.83. The number of hydrogen-bond acceptors (Lipinski definition) is 3. The van der Waals surface area contributed by atoms with Gasteiger partial charge in [-0.15, -0.1) is 0 Å². The maximum absolute atomic E-state index is 11.2. The maximum Gasteiger partial charge on any atom is 0.311 e. The van der Waals surface area contributed by atoms with Crippen LogP contribution in [0.2, 0.25) is 0 Å². The van der Waals surface area contributed by atoms with Gasteiger partial charge in [0, 0.05) is 17.8 Å². The number of hydrogen-bond donors (Lipinski definition) is 2. The predicted octanol–water partition coefficient (Wildman–Crippen LogP) is 1.88. The molecule has 2 aromatic rings. The van der Waals surface area contributed by atoms with E-state index in [1.165, 1.54) is 0 Å². The SMILES string of the molecule is O=C(O)CC(C(=O)O)c1cccc2cnccc12. The average Bonchev–Trinajstić information content (AvgIpc) is 2.35. The summed E-state index contributed by atoms with van der Waals surface area (Å²) in [4.78, 5) is 25.9. The number of rotatable bonds is 4. The van der Waals surface area contributed by atoms with Gasteiger partial charge in [-0.05, 0) is 17.0 Å². The highest BCUT2D eigenvalue weighted by Gasteiger charge is 2.24. The summed E-state index contributed by atoms with van der Waals surface area (Å²) in [7, 11) is 0. The minimum atomic E-state index is -1.14. The summed E-state index contributed by atoms with van der Waals surface area (Å²) in [5, 5.41) is 19.5. The van der Waals surface area contributed by atoms with Crippen LogP contribution < -0.4 is 0 Å². The first-order valence-corrected chi connectivity index (χ1v) is 5.37. The molecule has 0 aliphatic heterocycles. The number of fused-ring (bicyclic) bond motifs is 1. The van der Waals surface area contributed by atoms with Crippen LogP contribution in [0, 0.1) is 0 Å². The third kappa shape index (κ3) is 2.29. The van der Waals surface area contributed by atoms with Crippen molar-refractivity contribution in [3.05, 3.63) is 42.2 Å². The zero-order valence-corrected chi connectivity index (χ0v) is 9.41. The van der Waals surface area contributed by atoms with E-state index < -0.39 is 24.3 Å². The number of benzene rings is 1. The van der Waals surface area contributed by atoms with Gasteiger partial charge in [0.25, 0.3) is 0 Å². The van der Waals surface area contributed by atoms with Crippen molar-refractivity contribution in [1.82, 2.24) is 4.98 Å². The predicted molar refractivity (Wildman–Crippen MR) is 64.4 cm³/mol. The molecule has 5 heteroatoms. The van der Waals surface area contributed by atoms with Crippen molar-refractivity contribution < 1.29 is 19.8 Å². The van der Waals surface area contributed by atoms with Gasteiger partial charge in [0.05, 0.1) is 12.3 Å². The van der Waals surface area contributed by atoms with Crippen molar-refractivity contribution in [2.24, 2.45) is 0 Å². The molecule has 0 radical (unpaired) electrons. The maximum atomic E-state index is 11.2. The number of carboxylic acid groups (broad SMARTS) is 2. The van der Waals surface area contributed by atoms with Crippen LogP contribution in [0.1, 0.15) is 17.9 Å². The van der Waals surface area contributed by atoms with E-state index in [1.807, 2.05) is 6.07 Å². The molecule has 1 aromatic carbocycles. The lowest BCUT2D eigenvalue weighted by atomic mass is 9.92. The molecule has 5 nitrogen and oxygen atoms in total. The van der Waals surface area contributed by atoms with Crippen LogP contribution in [0.3, 0.4) is 0 Å². The van der Waals surface area contributed by atoms with E-state index >= 15 is 0 Å². The van der Waals surface area contributed by atoms with Crippen LogP contribution in [0.4, 0.5) is 0 Å². The Labute approximate surface area is 103 Å². The molecule has 1 heterocycles. The molecular formula is C13H11NO4. The van der Waals surface area contributed by atoms with E-state index in [2.05, 4.69) is 4.98 Å². The lowest BCUT2D eigenvalue weighted by Gasteiger charge is -2.13. The molecule has 0 aliphatic carbocycles. The quantitative estimate of drug-likeness (QED) is 0.858. The highest BCUT2D eigenvalue weighted by atomic mass is 16.4. The van der Waals surface area contributed by atoms with Gasteiger partial charge < -0.3 is 10.2 Å². The molecule has 2 rings (SSSR count). The first kappa shape index (κ1) is 12.0. The normalized spacial score (nSPS) is 12.2. The standard InChI is InChI=1S/C13H11NO4/c15-12(16)6-11(13(17)18)10-3-1-2-8-7-14-5-4-9(8)10/h1-5,7,11H,6H2,(H,15,16)(H,17,18). The van der Waals surface area contributed by atoms with E-state index in [0.29, 0.717) is 5.56 Å². The molecule has 2 N–H and O–H groups in total. The molecule has 0 bridgehead atoms. The fourth-order valence-corrected chi connectivity index (χ4v) is 1.96. The summed E-state index contributed by atoms with van der Waals surface area (Å²) in [6.07, 6.45) is 2.75. The molecule has 0 spiro atoms. The molecule has 1 unspecified atom stereocenters. The van der Waals surface area contributed by atoms with Gasteiger partial charge in [0.15, 0.2) is 0 Å². The Balaban J connectivity index is 2.57. The molecule has 18 heavy (non-hydrogen) atoms. The Morgan fingerprint density at radius 1 is 1.22 bits per heavy atom. The van der Waals surface area contributed by atoms with E-state index in [-0.39, 0.29) is 0 Å². The Hall–Kier alpha value is -2.43.